The molecule has 3 heterocycles. The Bertz CT molecular complexity index is 1040. The Labute approximate surface area is 157 Å². The number of benzene rings is 1. The molecule has 5 rings (SSSR count). The van der Waals surface area contributed by atoms with Crippen LogP contribution in [0.2, 0.25) is 0 Å². The third kappa shape index (κ3) is 2.91. The molecule has 0 radical (unpaired) electrons. The van der Waals surface area contributed by atoms with Crippen LogP contribution in [0.25, 0.3) is 5.65 Å². The van der Waals surface area contributed by atoms with Gasteiger partial charge in [-0.15, -0.1) is 0 Å². The number of carbonyl (C=O) groups excluding carboxylic acids is 1. The zero-order chi connectivity index (χ0) is 18.4. The highest BCUT2D eigenvalue weighted by Crippen LogP contribution is 2.32. The maximum absolute atomic E-state index is 12.7. The number of fused-ring (bicyclic) bond motifs is 4. The minimum absolute atomic E-state index is 0.0214. The summed E-state index contributed by atoms with van der Waals surface area (Å²) < 4.78 is 12.9. The van der Waals surface area contributed by atoms with E-state index in [1.165, 1.54) is 11.3 Å². The number of rotatable bonds is 3. The lowest BCUT2D eigenvalue weighted by Crippen LogP contribution is -2.34. The molecule has 27 heavy (non-hydrogen) atoms. The maximum atomic E-state index is 12.7. The number of carbonyl (C=O) groups is 1. The second kappa shape index (κ2) is 6.30. The summed E-state index contributed by atoms with van der Waals surface area (Å²) in [6.07, 6.45) is 4.52. The first-order valence-electron chi connectivity index (χ1n) is 9.30. The SMILES string of the molecule is Cc1ccc2nc3c(n2c1)CC(C(=O)NCc1ccc2c(c1)OCO2)CC3. The molecule has 1 aromatic carbocycles. The lowest BCUT2D eigenvalue weighted by Gasteiger charge is -2.21. The Hall–Kier alpha value is -3.02. The molecular weight excluding hydrogens is 342 g/mol. The fourth-order valence-electron chi connectivity index (χ4n) is 3.92. The van der Waals surface area contributed by atoms with E-state index in [9.17, 15) is 4.79 Å². The van der Waals surface area contributed by atoms with Gasteiger partial charge in [0.05, 0.1) is 5.69 Å². The topological polar surface area (TPSA) is 64.9 Å². The van der Waals surface area contributed by atoms with Crippen molar-refractivity contribution < 1.29 is 14.3 Å². The first-order chi connectivity index (χ1) is 13.2. The lowest BCUT2D eigenvalue weighted by atomic mass is 9.89. The number of ether oxygens (including phenoxy) is 2. The van der Waals surface area contributed by atoms with Crippen molar-refractivity contribution >= 4 is 11.6 Å². The van der Waals surface area contributed by atoms with Gasteiger partial charge in [-0.3, -0.25) is 4.79 Å². The van der Waals surface area contributed by atoms with E-state index in [-0.39, 0.29) is 18.6 Å². The monoisotopic (exact) mass is 363 g/mol. The molecule has 0 fully saturated rings. The molecule has 1 amide bonds. The van der Waals surface area contributed by atoms with E-state index in [1.54, 1.807) is 0 Å². The van der Waals surface area contributed by atoms with Gasteiger partial charge in [0.25, 0.3) is 0 Å². The Morgan fingerprint density at radius 1 is 1.26 bits per heavy atom. The highest BCUT2D eigenvalue weighted by atomic mass is 16.7. The van der Waals surface area contributed by atoms with Crippen LogP contribution >= 0.6 is 0 Å². The highest BCUT2D eigenvalue weighted by Gasteiger charge is 2.28. The molecule has 1 N–H and O–H groups in total. The van der Waals surface area contributed by atoms with Gasteiger partial charge in [0.15, 0.2) is 11.5 Å². The molecule has 6 nitrogen and oxygen atoms in total. The van der Waals surface area contributed by atoms with Crippen molar-refractivity contribution in [3.8, 4) is 11.5 Å². The predicted molar refractivity (Wildman–Crippen MR) is 99.9 cm³/mol. The lowest BCUT2D eigenvalue weighted by molar-refractivity contribution is -0.125. The first kappa shape index (κ1) is 16.2. The molecular formula is C21H21N3O3. The van der Waals surface area contributed by atoms with E-state index in [4.69, 9.17) is 14.5 Å². The molecule has 3 aromatic rings. The summed E-state index contributed by atoms with van der Waals surface area (Å²) in [6, 6.07) is 9.89. The number of imidazole rings is 1. The Balaban J connectivity index is 1.29. The van der Waals surface area contributed by atoms with E-state index >= 15 is 0 Å². The molecule has 0 bridgehead atoms. The number of amides is 1. The van der Waals surface area contributed by atoms with E-state index in [0.29, 0.717) is 6.54 Å². The largest absolute Gasteiger partial charge is 0.454 e. The van der Waals surface area contributed by atoms with Crippen molar-refractivity contribution in [2.24, 2.45) is 5.92 Å². The number of nitrogens with zero attached hydrogens (tertiary/aromatic N) is 2. The Morgan fingerprint density at radius 2 is 2.15 bits per heavy atom. The summed E-state index contributed by atoms with van der Waals surface area (Å²) in [4.78, 5) is 17.5. The maximum Gasteiger partial charge on any atom is 0.231 e. The smallest absolute Gasteiger partial charge is 0.231 e. The summed E-state index contributed by atoms with van der Waals surface area (Å²) in [5.74, 6) is 1.57. The van der Waals surface area contributed by atoms with Gasteiger partial charge in [-0.2, -0.15) is 0 Å². The highest BCUT2D eigenvalue weighted by molar-refractivity contribution is 5.79. The van der Waals surface area contributed by atoms with E-state index < -0.39 is 0 Å². The number of nitrogens with one attached hydrogen (secondary N) is 1. The summed E-state index contributed by atoms with van der Waals surface area (Å²) in [5.41, 5.74) is 5.46. The number of aromatic nitrogens is 2. The van der Waals surface area contributed by atoms with Crippen molar-refractivity contribution in [2.45, 2.75) is 32.7 Å². The van der Waals surface area contributed by atoms with Gasteiger partial charge in [-0.1, -0.05) is 12.1 Å². The van der Waals surface area contributed by atoms with E-state index in [2.05, 4.69) is 28.9 Å². The van der Waals surface area contributed by atoms with Crippen LogP contribution in [0.1, 0.15) is 28.9 Å². The molecule has 2 aromatic heterocycles. The minimum atomic E-state index is -0.0214. The molecule has 0 spiro atoms. The van der Waals surface area contributed by atoms with Crippen LogP contribution < -0.4 is 14.8 Å². The van der Waals surface area contributed by atoms with Crippen LogP contribution in [-0.4, -0.2) is 22.1 Å². The summed E-state index contributed by atoms with van der Waals surface area (Å²) in [7, 11) is 0. The zero-order valence-corrected chi connectivity index (χ0v) is 15.2. The van der Waals surface area contributed by atoms with Crippen molar-refractivity contribution in [1.82, 2.24) is 14.7 Å². The van der Waals surface area contributed by atoms with Crippen LogP contribution in [-0.2, 0) is 24.2 Å². The second-order valence-corrected chi connectivity index (χ2v) is 7.28. The molecule has 6 heteroatoms. The number of hydrogen-bond donors (Lipinski definition) is 1. The second-order valence-electron chi connectivity index (χ2n) is 7.28. The van der Waals surface area contributed by atoms with Gasteiger partial charge < -0.3 is 19.2 Å². The van der Waals surface area contributed by atoms with E-state index in [0.717, 1.165) is 47.7 Å². The van der Waals surface area contributed by atoms with Gasteiger partial charge in [-0.25, -0.2) is 4.98 Å². The van der Waals surface area contributed by atoms with Gasteiger partial charge in [0.2, 0.25) is 12.7 Å². The average Bonchev–Trinajstić information content (AvgIpc) is 3.29. The zero-order valence-electron chi connectivity index (χ0n) is 15.2. The third-order valence-electron chi connectivity index (χ3n) is 5.39. The van der Waals surface area contributed by atoms with Crippen molar-refractivity contribution in [2.75, 3.05) is 6.79 Å². The van der Waals surface area contributed by atoms with Crippen LogP contribution in [0.3, 0.4) is 0 Å². The molecule has 1 aliphatic heterocycles. The van der Waals surface area contributed by atoms with Gasteiger partial charge in [0.1, 0.15) is 5.65 Å². The molecule has 138 valence electrons. The summed E-state index contributed by atoms with van der Waals surface area (Å²) in [6.45, 7) is 2.82. The van der Waals surface area contributed by atoms with Crippen LogP contribution in [0.15, 0.2) is 36.5 Å². The van der Waals surface area contributed by atoms with Crippen molar-refractivity contribution in [3.05, 3.63) is 59.0 Å². The normalized spacial score (nSPS) is 17.7. The number of pyridine rings is 1. The molecule has 0 saturated carbocycles. The first-order valence-corrected chi connectivity index (χ1v) is 9.30. The molecule has 2 aliphatic rings. The minimum Gasteiger partial charge on any atom is -0.454 e. The van der Waals surface area contributed by atoms with Crippen molar-refractivity contribution in [3.63, 3.8) is 0 Å². The summed E-state index contributed by atoms with van der Waals surface area (Å²) >= 11 is 0. The fraction of sp³-hybridized carbons (Fsp3) is 0.333. The molecule has 1 unspecified atom stereocenters. The van der Waals surface area contributed by atoms with Gasteiger partial charge >= 0.3 is 0 Å². The van der Waals surface area contributed by atoms with Crippen LogP contribution in [0.5, 0.6) is 11.5 Å². The molecule has 0 saturated heterocycles. The quantitative estimate of drug-likeness (QED) is 0.777. The Morgan fingerprint density at radius 3 is 3.07 bits per heavy atom. The molecule has 1 aliphatic carbocycles. The number of aryl methyl sites for hydroxylation is 2. The third-order valence-corrected chi connectivity index (χ3v) is 5.39. The number of hydrogen-bond acceptors (Lipinski definition) is 4. The standard InChI is InChI=1S/C21H21N3O3/c1-13-2-7-20-23-16-5-4-15(9-17(16)24(20)11-13)21(25)22-10-14-3-6-18-19(8-14)27-12-26-18/h2-3,6-8,11,15H,4-5,9-10,12H2,1H3,(H,22,25). The summed E-state index contributed by atoms with van der Waals surface area (Å²) in [5, 5.41) is 3.08. The van der Waals surface area contributed by atoms with E-state index in [1.807, 2.05) is 24.3 Å². The van der Waals surface area contributed by atoms with Gasteiger partial charge in [-0.05, 0) is 49.1 Å². The van der Waals surface area contributed by atoms with Crippen molar-refractivity contribution in [1.29, 1.82) is 0 Å². The fourth-order valence-corrected chi connectivity index (χ4v) is 3.92. The molecule has 1 atom stereocenters. The van der Waals surface area contributed by atoms with Gasteiger partial charge in [0, 0.05) is 30.8 Å². The predicted octanol–water partition coefficient (Wildman–Crippen LogP) is 2.79. The average molecular weight is 363 g/mol. The Kier molecular flexibility index (Phi) is 3.77. The van der Waals surface area contributed by atoms with Crippen LogP contribution in [0, 0.1) is 12.8 Å². The van der Waals surface area contributed by atoms with Crippen LogP contribution in [0.4, 0.5) is 0 Å².